The van der Waals surface area contributed by atoms with E-state index >= 15 is 0 Å². The molecule has 0 amide bonds. The Morgan fingerprint density at radius 2 is 2.29 bits per heavy atom. The first-order valence-corrected chi connectivity index (χ1v) is 6.09. The molecule has 2 heterocycles. The van der Waals surface area contributed by atoms with Crippen molar-refractivity contribution >= 4 is 46.1 Å². The minimum Gasteiger partial charge on any atom is -0.346 e. The Morgan fingerprint density at radius 3 is 2.79 bits per heavy atom. The van der Waals surface area contributed by atoms with Crippen molar-refractivity contribution in [1.29, 1.82) is 0 Å². The van der Waals surface area contributed by atoms with E-state index in [1.165, 1.54) is 11.3 Å². The SMILES string of the molecule is ClCC1COC(c2cc(Cl)sc2Cl)O1. The van der Waals surface area contributed by atoms with Gasteiger partial charge in [0.1, 0.15) is 4.34 Å². The minimum atomic E-state index is -0.421. The zero-order chi connectivity index (χ0) is 10.1. The molecule has 0 saturated carbocycles. The molecule has 0 aromatic carbocycles. The first-order chi connectivity index (χ1) is 6.70. The van der Waals surface area contributed by atoms with Gasteiger partial charge in [0.25, 0.3) is 0 Å². The van der Waals surface area contributed by atoms with E-state index in [9.17, 15) is 0 Å². The summed E-state index contributed by atoms with van der Waals surface area (Å²) in [5.41, 5.74) is 0.786. The molecule has 1 aromatic heterocycles. The highest BCUT2D eigenvalue weighted by Crippen LogP contribution is 2.39. The number of thiophene rings is 1. The molecule has 2 rings (SSSR count). The molecule has 0 bridgehead atoms. The van der Waals surface area contributed by atoms with Crippen LogP contribution in [0.4, 0.5) is 0 Å². The monoisotopic (exact) mass is 272 g/mol. The second-order valence-corrected chi connectivity index (χ2v) is 5.45. The first-order valence-electron chi connectivity index (χ1n) is 3.98. The summed E-state index contributed by atoms with van der Waals surface area (Å²) in [7, 11) is 0. The summed E-state index contributed by atoms with van der Waals surface area (Å²) < 4.78 is 12.1. The summed E-state index contributed by atoms with van der Waals surface area (Å²) in [5.74, 6) is 0.423. The second kappa shape index (κ2) is 4.56. The van der Waals surface area contributed by atoms with Gasteiger partial charge in [-0.2, -0.15) is 0 Å². The highest BCUT2D eigenvalue weighted by Gasteiger charge is 2.29. The van der Waals surface area contributed by atoms with E-state index in [1.54, 1.807) is 6.07 Å². The lowest BCUT2D eigenvalue weighted by molar-refractivity contribution is -0.0563. The summed E-state index contributed by atoms with van der Waals surface area (Å²) in [6.07, 6.45) is -0.480. The summed E-state index contributed by atoms with van der Waals surface area (Å²) in [6, 6.07) is 1.76. The highest BCUT2D eigenvalue weighted by atomic mass is 35.5. The van der Waals surface area contributed by atoms with Crippen molar-refractivity contribution in [2.75, 3.05) is 12.5 Å². The van der Waals surface area contributed by atoms with Crippen LogP contribution in [0.2, 0.25) is 8.67 Å². The van der Waals surface area contributed by atoms with Crippen LogP contribution >= 0.6 is 46.1 Å². The Morgan fingerprint density at radius 1 is 1.50 bits per heavy atom. The van der Waals surface area contributed by atoms with Crippen LogP contribution in [0.3, 0.4) is 0 Å². The predicted molar refractivity (Wildman–Crippen MR) is 58.6 cm³/mol. The fraction of sp³-hybridized carbons (Fsp3) is 0.500. The third-order valence-corrected chi connectivity index (χ3v) is 3.72. The second-order valence-electron chi connectivity index (χ2n) is 2.86. The molecule has 0 spiro atoms. The van der Waals surface area contributed by atoms with E-state index in [2.05, 4.69) is 0 Å². The van der Waals surface area contributed by atoms with Crippen LogP contribution in [0.25, 0.3) is 0 Å². The van der Waals surface area contributed by atoms with Gasteiger partial charge in [0.15, 0.2) is 6.29 Å². The molecule has 2 atom stereocenters. The molecule has 14 heavy (non-hydrogen) atoms. The van der Waals surface area contributed by atoms with Gasteiger partial charge in [-0.15, -0.1) is 22.9 Å². The van der Waals surface area contributed by atoms with E-state index in [1.807, 2.05) is 0 Å². The molecular formula is C8H7Cl3O2S. The number of hydrogen-bond acceptors (Lipinski definition) is 3. The van der Waals surface area contributed by atoms with E-state index in [0.717, 1.165) is 5.56 Å². The van der Waals surface area contributed by atoms with Crippen LogP contribution in [-0.2, 0) is 9.47 Å². The van der Waals surface area contributed by atoms with Gasteiger partial charge in [0.05, 0.1) is 22.9 Å². The molecule has 1 aliphatic heterocycles. The molecule has 2 nitrogen and oxygen atoms in total. The molecule has 78 valence electrons. The Hall–Kier alpha value is 0.490. The van der Waals surface area contributed by atoms with Crippen molar-refractivity contribution in [1.82, 2.24) is 0 Å². The van der Waals surface area contributed by atoms with E-state index < -0.39 is 6.29 Å². The fourth-order valence-electron chi connectivity index (χ4n) is 1.21. The third kappa shape index (κ3) is 2.18. The van der Waals surface area contributed by atoms with Gasteiger partial charge < -0.3 is 9.47 Å². The molecule has 1 aromatic rings. The average Bonchev–Trinajstić information content (AvgIpc) is 2.71. The largest absolute Gasteiger partial charge is 0.346 e. The van der Waals surface area contributed by atoms with Crippen molar-refractivity contribution in [3.8, 4) is 0 Å². The molecule has 1 aliphatic rings. The van der Waals surface area contributed by atoms with Crippen LogP contribution in [0.15, 0.2) is 6.07 Å². The molecule has 1 saturated heterocycles. The van der Waals surface area contributed by atoms with Gasteiger partial charge in [-0.05, 0) is 6.07 Å². The summed E-state index contributed by atoms with van der Waals surface area (Å²) in [4.78, 5) is 0. The molecule has 6 heteroatoms. The molecular weight excluding hydrogens is 267 g/mol. The van der Waals surface area contributed by atoms with Gasteiger partial charge in [-0.25, -0.2) is 0 Å². The van der Waals surface area contributed by atoms with E-state index in [0.29, 0.717) is 21.2 Å². The average molecular weight is 274 g/mol. The zero-order valence-electron chi connectivity index (χ0n) is 7.00. The minimum absolute atomic E-state index is 0.0589. The molecule has 1 fully saturated rings. The van der Waals surface area contributed by atoms with Gasteiger partial charge in [-0.3, -0.25) is 0 Å². The maximum Gasteiger partial charge on any atom is 0.186 e. The summed E-state index contributed by atoms with van der Waals surface area (Å²) in [6.45, 7) is 0.498. The summed E-state index contributed by atoms with van der Waals surface area (Å²) >= 11 is 18.7. The number of hydrogen-bond donors (Lipinski definition) is 0. The van der Waals surface area contributed by atoms with Crippen molar-refractivity contribution in [3.05, 3.63) is 20.3 Å². The standard InChI is InChI=1S/C8H7Cl3O2S/c9-2-4-3-12-8(13-4)5-1-6(10)14-7(5)11/h1,4,8H,2-3H2. The smallest absolute Gasteiger partial charge is 0.186 e. The van der Waals surface area contributed by atoms with Crippen molar-refractivity contribution in [2.24, 2.45) is 0 Å². The van der Waals surface area contributed by atoms with Crippen LogP contribution in [0.1, 0.15) is 11.9 Å². The predicted octanol–water partition coefficient (Wildman–Crippen LogP) is 3.71. The Kier molecular flexibility index (Phi) is 3.58. The first kappa shape index (κ1) is 11.0. The lowest BCUT2D eigenvalue weighted by atomic mass is 10.3. The number of ether oxygens (including phenoxy) is 2. The fourth-order valence-corrected chi connectivity index (χ4v) is 2.86. The molecule has 0 radical (unpaired) electrons. The Bertz CT molecular complexity index is 328. The van der Waals surface area contributed by atoms with Gasteiger partial charge in [-0.1, -0.05) is 23.2 Å². The maximum atomic E-state index is 5.96. The lowest BCUT2D eigenvalue weighted by Gasteiger charge is -2.08. The molecule has 0 aliphatic carbocycles. The Labute approximate surface area is 101 Å². The third-order valence-electron chi connectivity index (χ3n) is 1.86. The van der Waals surface area contributed by atoms with Crippen LogP contribution < -0.4 is 0 Å². The van der Waals surface area contributed by atoms with Crippen molar-refractivity contribution in [3.63, 3.8) is 0 Å². The number of rotatable bonds is 2. The lowest BCUT2D eigenvalue weighted by Crippen LogP contribution is -2.10. The quantitative estimate of drug-likeness (QED) is 0.765. The van der Waals surface area contributed by atoms with Crippen LogP contribution in [0.5, 0.6) is 0 Å². The van der Waals surface area contributed by atoms with Gasteiger partial charge in [0.2, 0.25) is 0 Å². The number of alkyl halides is 1. The van der Waals surface area contributed by atoms with E-state index in [4.69, 9.17) is 44.3 Å². The Balaban J connectivity index is 2.13. The normalized spacial score (nSPS) is 27.1. The highest BCUT2D eigenvalue weighted by molar-refractivity contribution is 7.20. The number of halogens is 3. The summed E-state index contributed by atoms with van der Waals surface area (Å²) in [5, 5.41) is 0. The molecule has 0 N–H and O–H groups in total. The van der Waals surface area contributed by atoms with Crippen molar-refractivity contribution in [2.45, 2.75) is 12.4 Å². The molecule has 2 unspecified atom stereocenters. The maximum absolute atomic E-state index is 5.96. The van der Waals surface area contributed by atoms with Crippen LogP contribution in [0, 0.1) is 0 Å². The van der Waals surface area contributed by atoms with E-state index in [-0.39, 0.29) is 6.10 Å². The van der Waals surface area contributed by atoms with Crippen LogP contribution in [-0.4, -0.2) is 18.6 Å². The van der Waals surface area contributed by atoms with Gasteiger partial charge in [0, 0.05) is 5.56 Å². The zero-order valence-corrected chi connectivity index (χ0v) is 10.1. The van der Waals surface area contributed by atoms with Crippen molar-refractivity contribution < 1.29 is 9.47 Å². The van der Waals surface area contributed by atoms with Gasteiger partial charge >= 0.3 is 0 Å². The topological polar surface area (TPSA) is 18.5 Å².